The third-order valence-corrected chi connectivity index (χ3v) is 6.23. The van der Waals surface area contributed by atoms with Crippen molar-refractivity contribution >= 4 is 23.2 Å². The molecular formula is C20H28ClN3O. The van der Waals surface area contributed by atoms with E-state index in [1.165, 1.54) is 32.4 Å². The third-order valence-electron chi connectivity index (χ3n) is 5.92. The van der Waals surface area contributed by atoms with E-state index in [0.717, 1.165) is 37.7 Å². The van der Waals surface area contributed by atoms with Crippen LogP contribution < -0.4 is 4.90 Å². The van der Waals surface area contributed by atoms with Crippen molar-refractivity contribution in [2.75, 3.05) is 44.7 Å². The SMILES string of the molecule is CN(CC1CC1)C[C@@H]1CCN([C@H]2CCN(c3ccccc3Cl)C2=O)C1. The first kappa shape index (κ1) is 17.3. The third kappa shape index (κ3) is 3.86. The fraction of sp³-hybridized carbons (Fsp3) is 0.650. The average molecular weight is 362 g/mol. The molecule has 1 aliphatic carbocycles. The summed E-state index contributed by atoms with van der Waals surface area (Å²) in [5, 5.41) is 0.664. The lowest BCUT2D eigenvalue weighted by atomic mass is 10.1. The van der Waals surface area contributed by atoms with Gasteiger partial charge in [0, 0.05) is 26.2 Å². The van der Waals surface area contributed by atoms with E-state index >= 15 is 0 Å². The van der Waals surface area contributed by atoms with E-state index in [1.54, 1.807) is 0 Å². The molecule has 4 rings (SSSR count). The molecule has 4 nitrogen and oxygen atoms in total. The van der Waals surface area contributed by atoms with E-state index in [9.17, 15) is 4.79 Å². The topological polar surface area (TPSA) is 26.8 Å². The molecule has 2 saturated heterocycles. The largest absolute Gasteiger partial charge is 0.310 e. The molecule has 1 amide bonds. The second-order valence-corrected chi connectivity index (χ2v) is 8.47. The zero-order valence-corrected chi connectivity index (χ0v) is 15.8. The molecule has 1 aromatic carbocycles. The number of hydrogen-bond acceptors (Lipinski definition) is 3. The van der Waals surface area contributed by atoms with E-state index in [1.807, 2.05) is 29.2 Å². The zero-order valence-electron chi connectivity index (χ0n) is 15.0. The van der Waals surface area contributed by atoms with Gasteiger partial charge in [-0.05, 0) is 63.2 Å². The monoisotopic (exact) mass is 361 g/mol. The molecule has 0 N–H and O–H groups in total. The molecule has 5 heteroatoms. The molecule has 25 heavy (non-hydrogen) atoms. The van der Waals surface area contributed by atoms with Crippen molar-refractivity contribution in [3.05, 3.63) is 29.3 Å². The predicted molar refractivity (Wildman–Crippen MR) is 102 cm³/mol. The molecule has 3 fully saturated rings. The highest BCUT2D eigenvalue weighted by atomic mass is 35.5. The van der Waals surface area contributed by atoms with Crippen LogP contribution in [0.4, 0.5) is 5.69 Å². The Morgan fingerprint density at radius 2 is 1.84 bits per heavy atom. The molecule has 1 saturated carbocycles. The van der Waals surface area contributed by atoms with Crippen LogP contribution in [0, 0.1) is 11.8 Å². The Balaban J connectivity index is 1.33. The van der Waals surface area contributed by atoms with Crippen LogP contribution in [0.15, 0.2) is 24.3 Å². The molecule has 0 unspecified atom stereocenters. The van der Waals surface area contributed by atoms with Gasteiger partial charge in [0.25, 0.3) is 0 Å². The van der Waals surface area contributed by atoms with Crippen LogP contribution >= 0.6 is 11.6 Å². The van der Waals surface area contributed by atoms with Crippen molar-refractivity contribution in [2.45, 2.75) is 31.7 Å². The Bertz CT molecular complexity index is 633. The number of halogens is 1. The summed E-state index contributed by atoms with van der Waals surface area (Å²) in [6, 6.07) is 7.70. The van der Waals surface area contributed by atoms with Crippen LogP contribution in [-0.4, -0.2) is 61.5 Å². The average Bonchev–Trinajstić information content (AvgIpc) is 3.14. The predicted octanol–water partition coefficient (Wildman–Crippen LogP) is 3.11. The summed E-state index contributed by atoms with van der Waals surface area (Å²) in [5.74, 6) is 1.87. The lowest BCUT2D eigenvalue weighted by Gasteiger charge is -2.25. The van der Waals surface area contributed by atoms with Gasteiger partial charge < -0.3 is 9.80 Å². The number of likely N-dealkylation sites (tertiary alicyclic amines) is 1. The van der Waals surface area contributed by atoms with Gasteiger partial charge in [0.05, 0.1) is 16.8 Å². The molecule has 2 atom stereocenters. The normalized spacial score (nSPS) is 27.6. The number of hydrogen-bond donors (Lipinski definition) is 0. The van der Waals surface area contributed by atoms with Gasteiger partial charge in [-0.2, -0.15) is 0 Å². The quantitative estimate of drug-likeness (QED) is 0.779. The molecule has 136 valence electrons. The smallest absolute Gasteiger partial charge is 0.244 e. The maximum absolute atomic E-state index is 12.9. The van der Waals surface area contributed by atoms with Gasteiger partial charge in [0.2, 0.25) is 5.91 Å². The minimum Gasteiger partial charge on any atom is -0.310 e. The van der Waals surface area contributed by atoms with Gasteiger partial charge in [-0.25, -0.2) is 0 Å². The highest BCUT2D eigenvalue weighted by Gasteiger charge is 2.40. The van der Waals surface area contributed by atoms with Crippen LogP contribution in [0.5, 0.6) is 0 Å². The molecule has 2 heterocycles. The number of amides is 1. The molecule has 1 aromatic rings. The molecule has 0 spiro atoms. The van der Waals surface area contributed by atoms with Crippen molar-refractivity contribution in [1.29, 1.82) is 0 Å². The first-order valence-corrected chi connectivity index (χ1v) is 9.98. The van der Waals surface area contributed by atoms with Crippen LogP contribution in [0.2, 0.25) is 5.02 Å². The summed E-state index contributed by atoms with van der Waals surface area (Å²) >= 11 is 6.29. The van der Waals surface area contributed by atoms with Crippen molar-refractivity contribution in [3.8, 4) is 0 Å². The van der Waals surface area contributed by atoms with Gasteiger partial charge in [0.1, 0.15) is 0 Å². The highest BCUT2D eigenvalue weighted by molar-refractivity contribution is 6.33. The molecule has 2 aliphatic heterocycles. The Morgan fingerprint density at radius 3 is 2.60 bits per heavy atom. The van der Waals surface area contributed by atoms with Gasteiger partial charge >= 0.3 is 0 Å². The van der Waals surface area contributed by atoms with E-state index in [-0.39, 0.29) is 11.9 Å². The van der Waals surface area contributed by atoms with E-state index < -0.39 is 0 Å². The fourth-order valence-corrected chi connectivity index (χ4v) is 4.70. The van der Waals surface area contributed by atoms with Crippen LogP contribution in [0.25, 0.3) is 0 Å². The standard InChI is InChI=1S/C20H28ClN3O/c1-22(12-15-6-7-15)13-16-8-10-23(14-16)19-9-11-24(20(19)25)18-5-3-2-4-17(18)21/h2-5,15-16,19H,6-14H2,1H3/t16-,19-/m0/s1. The summed E-state index contributed by atoms with van der Waals surface area (Å²) in [5.41, 5.74) is 0.858. The minimum atomic E-state index is 0.0370. The minimum absolute atomic E-state index is 0.0370. The van der Waals surface area contributed by atoms with Crippen LogP contribution in [-0.2, 0) is 4.79 Å². The lowest BCUT2D eigenvalue weighted by Crippen LogP contribution is -2.41. The number of nitrogens with zero attached hydrogens (tertiary/aromatic N) is 3. The highest BCUT2D eigenvalue weighted by Crippen LogP contribution is 2.33. The lowest BCUT2D eigenvalue weighted by molar-refractivity contribution is -0.121. The fourth-order valence-electron chi connectivity index (χ4n) is 4.46. The number of carbonyl (C=O) groups excluding carboxylic acids is 1. The molecular weight excluding hydrogens is 334 g/mol. The Hall–Kier alpha value is -1.10. The number of anilines is 1. The van der Waals surface area contributed by atoms with E-state index in [2.05, 4.69) is 16.8 Å². The van der Waals surface area contributed by atoms with Crippen molar-refractivity contribution in [1.82, 2.24) is 9.80 Å². The maximum atomic E-state index is 12.9. The van der Waals surface area contributed by atoms with Gasteiger partial charge in [-0.1, -0.05) is 23.7 Å². The zero-order chi connectivity index (χ0) is 17.4. The first-order valence-electron chi connectivity index (χ1n) is 9.60. The molecule has 3 aliphatic rings. The summed E-state index contributed by atoms with van der Waals surface area (Å²) < 4.78 is 0. The van der Waals surface area contributed by atoms with Gasteiger partial charge in [-0.15, -0.1) is 0 Å². The van der Waals surface area contributed by atoms with Crippen molar-refractivity contribution in [2.24, 2.45) is 11.8 Å². The number of para-hydroxylation sites is 1. The summed E-state index contributed by atoms with van der Waals surface area (Å²) in [7, 11) is 2.25. The second kappa shape index (κ2) is 7.26. The van der Waals surface area contributed by atoms with Gasteiger partial charge in [-0.3, -0.25) is 9.69 Å². The molecule has 0 radical (unpaired) electrons. The summed E-state index contributed by atoms with van der Waals surface area (Å²) in [6.45, 7) is 5.30. The Morgan fingerprint density at radius 1 is 1.08 bits per heavy atom. The van der Waals surface area contributed by atoms with Crippen LogP contribution in [0.1, 0.15) is 25.7 Å². The van der Waals surface area contributed by atoms with Crippen molar-refractivity contribution < 1.29 is 4.79 Å². The van der Waals surface area contributed by atoms with E-state index in [4.69, 9.17) is 11.6 Å². The molecule has 0 bridgehead atoms. The molecule has 0 aromatic heterocycles. The number of carbonyl (C=O) groups is 1. The second-order valence-electron chi connectivity index (χ2n) is 8.06. The van der Waals surface area contributed by atoms with E-state index in [0.29, 0.717) is 10.9 Å². The Kier molecular flexibility index (Phi) is 5.03. The summed E-state index contributed by atoms with van der Waals surface area (Å²) in [6.07, 6.45) is 4.95. The van der Waals surface area contributed by atoms with Crippen molar-refractivity contribution in [3.63, 3.8) is 0 Å². The summed E-state index contributed by atoms with van der Waals surface area (Å²) in [4.78, 5) is 19.7. The number of rotatable bonds is 6. The van der Waals surface area contributed by atoms with Crippen LogP contribution in [0.3, 0.4) is 0 Å². The number of benzene rings is 1. The van der Waals surface area contributed by atoms with Gasteiger partial charge in [0.15, 0.2) is 0 Å². The maximum Gasteiger partial charge on any atom is 0.244 e. The Labute approximate surface area is 155 Å². The first-order chi connectivity index (χ1) is 12.1.